The third-order valence-corrected chi connectivity index (χ3v) is 8.60. The molecule has 7 heteroatoms. The molecule has 0 aliphatic carbocycles. The first-order chi connectivity index (χ1) is 21.8. The Kier molecular flexibility index (Phi) is 10.8. The molecule has 6 rings (SSSR count). The zero-order chi connectivity index (χ0) is 29.8. The number of anilines is 1. The largest absolute Gasteiger partial charge is 0.375 e. The summed E-state index contributed by atoms with van der Waals surface area (Å²) in [5, 5.41) is 2.93. The summed E-state index contributed by atoms with van der Waals surface area (Å²) in [7, 11) is 0. The molecule has 4 aromatic carbocycles. The van der Waals surface area contributed by atoms with Crippen molar-refractivity contribution >= 4 is 16.5 Å². The predicted molar refractivity (Wildman–Crippen MR) is 174 cm³/mol. The summed E-state index contributed by atoms with van der Waals surface area (Å²) in [6.07, 6.45) is 0.880. The number of benzene rings is 4. The smallest absolute Gasteiger partial charge is 0.185 e. The van der Waals surface area contributed by atoms with Gasteiger partial charge in [0.15, 0.2) is 5.13 Å². The Labute approximate surface area is 263 Å². The Morgan fingerprint density at radius 3 is 1.57 bits per heavy atom. The van der Waals surface area contributed by atoms with Crippen LogP contribution in [0.25, 0.3) is 0 Å². The molecule has 1 aromatic heterocycles. The van der Waals surface area contributed by atoms with Crippen LogP contribution in [-0.4, -0.2) is 42.5 Å². The van der Waals surface area contributed by atoms with Crippen molar-refractivity contribution in [3.05, 3.63) is 155 Å². The van der Waals surface area contributed by atoms with E-state index in [-0.39, 0.29) is 24.4 Å². The summed E-state index contributed by atoms with van der Waals surface area (Å²) in [5.41, 5.74) is 4.46. The lowest BCUT2D eigenvalue weighted by molar-refractivity contribution is -0.174. The van der Waals surface area contributed by atoms with Gasteiger partial charge in [-0.3, -0.25) is 0 Å². The molecule has 0 bridgehead atoms. The number of rotatable bonds is 14. The number of piperidine rings is 1. The summed E-state index contributed by atoms with van der Waals surface area (Å²) in [4.78, 5) is 7.01. The Bertz CT molecular complexity index is 1490. The quantitative estimate of drug-likeness (QED) is 0.132. The number of ether oxygens (including phenoxy) is 4. The zero-order valence-electron chi connectivity index (χ0n) is 24.7. The highest BCUT2D eigenvalue weighted by molar-refractivity contribution is 7.13. The minimum absolute atomic E-state index is 0.147. The number of hydrogen-bond donors (Lipinski definition) is 0. The van der Waals surface area contributed by atoms with Crippen LogP contribution < -0.4 is 4.90 Å². The summed E-state index contributed by atoms with van der Waals surface area (Å²) in [6.45, 7) is 2.94. The van der Waals surface area contributed by atoms with Gasteiger partial charge in [0.1, 0.15) is 18.3 Å². The second kappa shape index (κ2) is 15.7. The van der Waals surface area contributed by atoms with Crippen molar-refractivity contribution in [3.63, 3.8) is 0 Å². The summed E-state index contributed by atoms with van der Waals surface area (Å²) in [6, 6.07) is 40.9. The maximum atomic E-state index is 6.85. The maximum absolute atomic E-state index is 6.85. The molecule has 1 aliphatic heterocycles. The van der Waals surface area contributed by atoms with Crippen molar-refractivity contribution in [2.75, 3.05) is 18.1 Å². The van der Waals surface area contributed by atoms with Crippen LogP contribution in [0.2, 0.25) is 0 Å². The van der Waals surface area contributed by atoms with Gasteiger partial charge in [-0.2, -0.15) is 0 Å². The number of thiazole rings is 1. The highest BCUT2D eigenvalue weighted by Gasteiger charge is 2.47. The van der Waals surface area contributed by atoms with Gasteiger partial charge in [-0.15, -0.1) is 11.3 Å². The molecular weight excluding hydrogens is 568 g/mol. The van der Waals surface area contributed by atoms with Crippen LogP contribution in [0, 0.1) is 0 Å². The van der Waals surface area contributed by atoms with E-state index in [2.05, 4.69) is 53.4 Å². The molecule has 0 unspecified atom stereocenters. The van der Waals surface area contributed by atoms with E-state index in [9.17, 15) is 0 Å². The number of aromatic nitrogens is 1. The fourth-order valence-corrected chi connectivity index (χ4v) is 6.25. The van der Waals surface area contributed by atoms with Gasteiger partial charge in [0, 0.05) is 18.1 Å². The molecule has 226 valence electrons. The van der Waals surface area contributed by atoms with E-state index in [0.29, 0.717) is 39.6 Å². The van der Waals surface area contributed by atoms with Crippen molar-refractivity contribution in [2.24, 2.45) is 0 Å². The summed E-state index contributed by atoms with van der Waals surface area (Å²) >= 11 is 1.61. The van der Waals surface area contributed by atoms with Crippen LogP contribution in [0.1, 0.15) is 22.3 Å². The van der Waals surface area contributed by atoms with Crippen LogP contribution >= 0.6 is 11.3 Å². The normalized spacial score (nSPS) is 20.0. The molecule has 0 spiro atoms. The number of nitrogens with zero attached hydrogens (tertiary/aromatic N) is 2. The summed E-state index contributed by atoms with van der Waals surface area (Å²) < 4.78 is 26.7. The van der Waals surface area contributed by atoms with Crippen LogP contribution in [0.4, 0.5) is 5.13 Å². The topological polar surface area (TPSA) is 53.1 Å². The highest BCUT2D eigenvalue weighted by Crippen LogP contribution is 2.33. The second-order valence-corrected chi connectivity index (χ2v) is 11.8. The van der Waals surface area contributed by atoms with E-state index in [1.54, 1.807) is 11.3 Å². The van der Waals surface area contributed by atoms with Gasteiger partial charge < -0.3 is 23.8 Å². The van der Waals surface area contributed by atoms with E-state index in [0.717, 1.165) is 27.4 Å². The SMILES string of the molecule is c1ccc(COC[C@H]2[C@@H](OCc3ccccc3)[C@H](OCc3ccccc3)[C@@H](OCc3ccccc3)CN2c2nccs2)cc1. The monoisotopic (exact) mass is 606 g/mol. The maximum Gasteiger partial charge on any atom is 0.185 e. The second-order valence-electron chi connectivity index (χ2n) is 10.9. The van der Waals surface area contributed by atoms with E-state index in [4.69, 9.17) is 23.9 Å². The Hall–Kier alpha value is -3.85. The molecule has 44 heavy (non-hydrogen) atoms. The minimum Gasteiger partial charge on any atom is -0.375 e. The van der Waals surface area contributed by atoms with Crippen molar-refractivity contribution in [2.45, 2.75) is 50.8 Å². The van der Waals surface area contributed by atoms with E-state index < -0.39 is 0 Å². The molecule has 1 saturated heterocycles. The average Bonchev–Trinajstić information content (AvgIpc) is 3.63. The summed E-state index contributed by atoms with van der Waals surface area (Å²) in [5.74, 6) is 0. The number of hydrogen-bond acceptors (Lipinski definition) is 7. The molecule has 0 amide bonds. The van der Waals surface area contributed by atoms with E-state index in [1.165, 1.54) is 0 Å². The standard InChI is InChI=1S/C37H38N2O4S/c1-5-13-29(14-6-1)24-40-28-33-35(42-26-31-17-9-3-10-18-31)36(43-27-32-19-11-4-12-20-32)34(23-39(33)37-38-21-22-44-37)41-25-30-15-7-2-8-16-30/h1-22,33-36H,23-28H2/t33-,34-,35+,36+/m0/s1. The van der Waals surface area contributed by atoms with Gasteiger partial charge in [-0.1, -0.05) is 121 Å². The fraction of sp³-hybridized carbons (Fsp3) is 0.270. The highest BCUT2D eigenvalue weighted by atomic mass is 32.1. The van der Waals surface area contributed by atoms with E-state index in [1.807, 2.05) is 84.4 Å². The Morgan fingerprint density at radius 2 is 1.07 bits per heavy atom. The van der Waals surface area contributed by atoms with Crippen molar-refractivity contribution in [1.82, 2.24) is 4.98 Å². The van der Waals surface area contributed by atoms with Gasteiger partial charge in [-0.05, 0) is 22.3 Å². The molecule has 1 fully saturated rings. The molecular formula is C37H38N2O4S. The van der Waals surface area contributed by atoms with E-state index >= 15 is 0 Å². The van der Waals surface area contributed by atoms with Gasteiger partial charge >= 0.3 is 0 Å². The van der Waals surface area contributed by atoms with Crippen molar-refractivity contribution in [1.29, 1.82) is 0 Å². The Balaban J connectivity index is 1.31. The van der Waals surface area contributed by atoms with Gasteiger partial charge in [0.05, 0.1) is 39.1 Å². The average molecular weight is 607 g/mol. The molecule has 0 saturated carbocycles. The van der Waals surface area contributed by atoms with Crippen LogP contribution in [0.5, 0.6) is 0 Å². The molecule has 6 nitrogen and oxygen atoms in total. The van der Waals surface area contributed by atoms with Crippen LogP contribution in [0.15, 0.2) is 133 Å². The Morgan fingerprint density at radius 1 is 0.591 bits per heavy atom. The first kappa shape index (κ1) is 30.2. The van der Waals surface area contributed by atoms with Gasteiger partial charge in [0.2, 0.25) is 0 Å². The van der Waals surface area contributed by atoms with Crippen LogP contribution in [0.3, 0.4) is 0 Å². The van der Waals surface area contributed by atoms with Crippen molar-refractivity contribution in [3.8, 4) is 0 Å². The third-order valence-electron chi connectivity index (χ3n) is 7.79. The lowest BCUT2D eigenvalue weighted by atomic mass is 9.93. The first-order valence-electron chi connectivity index (χ1n) is 15.1. The molecule has 5 aromatic rings. The lowest BCUT2D eigenvalue weighted by Gasteiger charge is -2.48. The fourth-order valence-electron chi connectivity index (χ4n) is 5.54. The third kappa shape index (κ3) is 8.20. The van der Waals surface area contributed by atoms with Crippen LogP contribution in [-0.2, 0) is 45.4 Å². The van der Waals surface area contributed by atoms with Gasteiger partial charge in [0.25, 0.3) is 0 Å². The molecule has 2 heterocycles. The minimum atomic E-state index is -0.354. The lowest BCUT2D eigenvalue weighted by Crippen LogP contribution is -2.65. The molecule has 1 aliphatic rings. The van der Waals surface area contributed by atoms with Gasteiger partial charge in [-0.25, -0.2) is 4.98 Å². The zero-order valence-corrected chi connectivity index (χ0v) is 25.5. The molecule has 0 N–H and O–H groups in total. The first-order valence-corrected chi connectivity index (χ1v) is 16.0. The molecule has 4 atom stereocenters. The molecule has 0 radical (unpaired) electrons. The predicted octanol–water partition coefficient (Wildman–Crippen LogP) is 7.30. The van der Waals surface area contributed by atoms with Crippen molar-refractivity contribution < 1.29 is 18.9 Å².